The van der Waals surface area contributed by atoms with Crippen LogP contribution in [0.5, 0.6) is 0 Å². The molecule has 1 heterocycles. The lowest BCUT2D eigenvalue weighted by Crippen LogP contribution is -2.49. The molecule has 0 aromatic heterocycles. The van der Waals surface area contributed by atoms with E-state index in [1.165, 1.54) is 0 Å². The zero-order valence-electron chi connectivity index (χ0n) is 12.8. The first kappa shape index (κ1) is 15.5. The quantitative estimate of drug-likeness (QED) is 0.817. The lowest BCUT2D eigenvalue weighted by Gasteiger charge is -2.38. The van der Waals surface area contributed by atoms with Crippen LogP contribution >= 0.6 is 0 Å². The third-order valence-electron chi connectivity index (χ3n) is 3.68. The maximum absolute atomic E-state index is 12.8. The highest BCUT2D eigenvalue weighted by Gasteiger charge is 2.37. The number of hydrogen-bond acceptors (Lipinski definition) is 2. The summed E-state index contributed by atoms with van der Waals surface area (Å²) in [4.78, 5) is 14.9. The first-order valence-electron chi connectivity index (χ1n) is 7.35. The second-order valence-corrected chi connectivity index (χ2v) is 6.81. The van der Waals surface area contributed by atoms with Crippen LogP contribution in [0.2, 0.25) is 0 Å². The van der Waals surface area contributed by atoms with Gasteiger partial charge in [-0.25, -0.2) is 0 Å². The number of piperidine rings is 1. The number of hydrogen-bond donors (Lipinski definition) is 1. The number of carbonyl (C=O) groups excluding carboxylic acids is 1. The summed E-state index contributed by atoms with van der Waals surface area (Å²) in [5.41, 5.74) is -0.144. The van der Waals surface area contributed by atoms with Crippen LogP contribution in [-0.4, -0.2) is 37.0 Å². The highest BCUT2D eigenvalue weighted by molar-refractivity contribution is 5.82. The lowest BCUT2D eigenvalue weighted by atomic mass is 9.79. The van der Waals surface area contributed by atoms with Gasteiger partial charge >= 0.3 is 0 Å². The van der Waals surface area contributed by atoms with E-state index in [9.17, 15) is 4.79 Å². The van der Waals surface area contributed by atoms with Crippen molar-refractivity contribution >= 4 is 5.91 Å². The third kappa shape index (κ3) is 4.27. The smallest absolute Gasteiger partial charge is 0.228 e. The predicted molar refractivity (Wildman–Crippen MR) is 76.5 cm³/mol. The Bertz CT molecular complexity index is 258. The van der Waals surface area contributed by atoms with Gasteiger partial charge in [0.1, 0.15) is 0 Å². The van der Waals surface area contributed by atoms with Gasteiger partial charge in [-0.3, -0.25) is 4.79 Å². The van der Waals surface area contributed by atoms with E-state index in [1.54, 1.807) is 0 Å². The summed E-state index contributed by atoms with van der Waals surface area (Å²) in [6, 6.07) is 0. The van der Waals surface area contributed by atoms with Crippen LogP contribution in [0, 0.1) is 17.3 Å². The summed E-state index contributed by atoms with van der Waals surface area (Å²) >= 11 is 0. The van der Waals surface area contributed by atoms with Crippen molar-refractivity contribution in [2.45, 2.75) is 47.5 Å². The van der Waals surface area contributed by atoms with E-state index in [0.29, 0.717) is 17.7 Å². The highest BCUT2D eigenvalue weighted by Crippen LogP contribution is 2.31. The van der Waals surface area contributed by atoms with E-state index < -0.39 is 0 Å². The Morgan fingerprint density at radius 1 is 1.11 bits per heavy atom. The molecule has 0 aromatic rings. The third-order valence-corrected chi connectivity index (χ3v) is 3.68. The van der Waals surface area contributed by atoms with Crippen LogP contribution in [0.4, 0.5) is 0 Å². The van der Waals surface area contributed by atoms with Crippen molar-refractivity contribution in [3.8, 4) is 0 Å². The van der Waals surface area contributed by atoms with Crippen LogP contribution in [0.15, 0.2) is 0 Å². The molecule has 0 spiro atoms. The average Bonchev–Trinajstić information content (AvgIpc) is 2.27. The molecule has 3 heteroatoms. The van der Waals surface area contributed by atoms with Crippen molar-refractivity contribution in [3.63, 3.8) is 0 Å². The lowest BCUT2D eigenvalue weighted by molar-refractivity contribution is -0.143. The molecule has 1 saturated heterocycles. The monoisotopic (exact) mass is 254 g/mol. The molecule has 0 aromatic carbocycles. The van der Waals surface area contributed by atoms with Crippen LogP contribution in [0.1, 0.15) is 47.5 Å². The summed E-state index contributed by atoms with van der Waals surface area (Å²) in [5, 5.41) is 3.34. The molecule has 0 unspecified atom stereocenters. The fourth-order valence-corrected chi connectivity index (χ4v) is 2.70. The SMILES string of the molecule is CC(C)CN(CC(C)C)C(=O)C1(C)CCNCC1. The fourth-order valence-electron chi connectivity index (χ4n) is 2.70. The molecule has 0 aliphatic carbocycles. The molecule has 0 bridgehead atoms. The fraction of sp³-hybridized carbons (Fsp3) is 0.933. The maximum atomic E-state index is 12.8. The Hall–Kier alpha value is -0.570. The van der Waals surface area contributed by atoms with E-state index in [2.05, 4.69) is 44.8 Å². The Morgan fingerprint density at radius 2 is 1.56 bits per heavy atom. The summed E-state index contributed by atoms with van der Waals surface area (Å²) in [6.07, 6.45) is 1.94. The molecule has 1 N–H and O–H groups in total. The van der Waals surface area contributed by atoms with Crippen molar-refractivity contribution in [1.29, 1.82) is 0 Å². The summed E-state index contributed by atoms with van der Waals surface area (Å²) in [5.74, 6) is 1.45. The maximum Gasteiger partial charge on any atom is 0.228 e. The van der Waals surface area contributed by atoms with Crippen LogP contribution in [-0.2, 0) is 4.79 Å². The molecular weight excluding hydrogens is 224 g/mol. The molecule has 18 heavy (non-hydrogen) atoms. The van der Waals surface area contributed by atoms with Gasteiger partial charge in [-0.15, -0.1) is 0 Å². The molecule has 0 radical (unpaired) electrons. The number of carbonyl (C=O) groups is 1. The Labute approximate surface area is 112 Å². The molecule has 1 amide bonds. The number of amides is 1. The van der Waals surface area contributed by atoms with E-state index >= 15 is 0 Å². The first-order chi connectivity index (χ1) is 8.35. The average molecular weight is 254 g/mol. The second-order valence-electron chi connectivity index (χ2n) is 6.81. The van der Waals surface area contributed by atoms with Crippen molar-refractivity contribution in [2.75, 3.05) is 26.2 Å². The largest absolute Gasteiger partial charge is 0.342 e. The minimum absolute atomic E-state index is 0.144. The predicted octanol–water partition coefficient (Wildman–Crippen LogP) is 2.52. The standard InChI is InChI=1S/C15H30N2O/c1-12(2)10-17(11-13(3)4)14(18)15(5)6-8-16-9-7-15/h12-13,16H,6-11H2,1-5H3. The molecular formula is C15H30N2O. The molecule has 0 saturated carbocycles. The van der Waals surface area contributed by atoms with Crippen molar-refractivity contribution < 1.29 is 4.79 Å². The number of nitrogens with one attached hydrogen (secondary N) is 1. The van der Waals surface area contributed by atoms with Gasteiger partial charge in [0.2, 0.25) is 5.91 Å². The van der Waals surface area contributed by atoms with Gasteiger partial charge in [-0.2, -0.15) is 0 Å². The van der Waals surface area contributed by atoms with Crippen LogP contribution in [0.25, 0.3) is 0 Å². The van der Waals surface area contributed by atoms with Gasteiger partial charge in [0, 0.05) is 18.5 Å². The first-order valence-corrected chi connectivity index (χ1v) is 7.35. The zero-order chi connectivity index (χ0) is 13.8. The number of rotatable bonds is 5. The molecule has 0 atom stereocenters. The van der Waals surface area contributed by atoms with Gasteiger partial charge < -0.3 is 10.2 Å². The number of nitrogens with zero attached hydrogens (tertiary/aromatic N) is 1. The normalized spacial score (nSPS) is 19.3. The second kappa shape index (κ2) is 6.55. The van der Waals surface area contributed by atoms with Gasteiger partial charge in [0.15, 0.2) is 0 Å². The van der Waals surface area contributed by atoms with Gasteiger partial charge in [0.05, 0.1) is 0 Å². The van der Waals surface area contributed by atoms with Crippen LogP contribution in [0.3, 0.4) is 0 Å². The summed E-state index contributed by atoms with van der Waals surface area (Å²) < 4.78 is 0. The van der Waals surface area contributed by atoms with Gasteiger partial charge in [-0.05, 0) is 37.8 Å². The molecule has 3 nitrogen and oxygen atoms in total. The molecule has 1 rings (SSSR count). The Morgan fingerprint density at radius 3 is 1.94 bits per heavy atom. The highest BCUT2D eigenvalue weighted by atomic mass is 16.2. The van der Waals surface area contributed by atoms with Crippen molar-refractivity contribution in [2.24, 2.45) is 17.3 Å². The van der Waals surface area contributed by atoms with E-state index in [1.807, 2.05) is 0 Å². The topological polar surface area (TPSA) is 32.3 Å². The van der Waals surface area contributed by atoms with Crippen molar-refractivity contribution in [1.82, 2.24) is 10.2 Å². The minimum atomic E-state index is -0.144. The molecule has 106 valence electrons. The summed E-state index contributed by atoms with van der Waals surface area (Å²) in [7, 11) is 0. The van der Waals surface area contributed by atoms with E-state index in [0.717, 1.165) is 39.0 Å². The Kier molecular flexibility index (Phi) is 5.64. The van der Waals surface area contributed by atoms with Crippen LogP contribution < -0.4 is 5.32 Å². The van der Waals surface area contributed by atoms with Gasteiger partial charge in [-0.1, -0.05) is 34.6 Å². The summed E-state index contributed by atoms with van der Waals surface area (Å²) in [6.45, 7) is 14.6. The molecule has 1 fully saturated rings. The van der Waals surface area contributed by atoms with Crippen molar-refractivity contribution in [3.05, 3.63) is 0 Å². The van der Waals surface area contributed by atoms with E-state index in [4.69, 9.17) is 0 Å². The Balaban J connectivity index is 2.73. The van der Waals surface area contributed by atoms with E-state index in [-0.39, 0.29) is 5.41 Å². The molecule has 1 aliphatic rings. The van der Waals surface area contributed by atoms with Gasteiger partial charge in [0.25, 0.3) is 0 Å². The zero-order valence-corrected chi connectivity index (χ0v) is 12.8. The molecule has 1 aliphatic heterocycles. The minimum Gasteiger partial charge on any atom is -0.342 e.